The molecule has 0 spiro atoms. The van der Waals surface area contributed by atoms with Gasteiger partial charge in [0.1, 0.15) is 0 Å². The van der Waals surface area contributed by atoms with E-state index < -0.39 is 0 Å². The van der Waals surface area contributed by atoms with Gasteiger partial charge in [-0.2, -0.15) is 0 Å². The van der Waals surface area contributed by atoms with Crippen molar-refractivity contribution < 1.29 is 0 Å². The molecule has 1 aliphatic rings. The first-order chi connectivity index (χ1) is 10.3. The Kier molecular flexibility index (Phi) is 4.20. The number of aryl methyl sites for hydroxylation is 1. The molecule has 0 aliphatic carbocycles. The van der Waals surface area contributed by atoms with Crippen LogP contribution in [0.4, 0.5) is 0 Å². The fraction of sp³-hybridized carbons (Fsp3) is 0.389. The van der Waals surface area contributed by atoms with Crippen molar-refractivity contribution in [1.82, 2.24) is 9.88 Å². The Hall–Kier alpha value is -1.87. The third-order valence-electron chi connectivity index (χ3n) is 4.50. The van der Waals surface area contributed by atoms with E-state index in [9.17, 15) is 4.79 Å². The zero-order valence-corrected chi connectivity index (χ0v) is 12.5. The first-order valence-electron chi connectivity index (χ1n) is 7.68. The maximum Gasteiger partial charge on any atom is 0.250 e. The quantitative estimate of drug-likeness (QED) is 0.938. The monoisotopic (exact) mass is 282 g/mol. The van der Waals surface area contributed by atoms with E-state index in [2.05, 4.69) is 35.6 Å². The summed E-state index contributed by atoms with van der Waals surface area (Å²) in [5.74, 6) is 0.919. The first-order valence-corrected chi connectivity index (χ1v) is 7.68. The third-order valence-corrected chi connectivity index (χ3v) is 4.50. The molecule has 0 radical (unpaired) electrons. The van der Waals surface area contributed by atoms with E-state index in [0.717, 1.165) is 31.5 Å². The second-order valence-electron chi connectivity index (χ2n) is 5.89. The Balaban J connectivity index is 2.02. The number of aromatic nitrogens is 1. The van der Waals surface area contributed by atoms with E-state index in [1.807, 2.05) is 12.3 Å². The summed E-state index contributed by atoms with van der Waals surface area (Å²) < 4.78 is 1.63. The van der Waals surface area contributed by atoms with E-state index >= 15 is 0 Å². The third kappa shape index (κ3) is 3.08. The van der Waals surface area contributed by atoms with Crippen LogP contribution in [0.3, 0.4) is 0 Å². The molecular formula is C18H22N2O. The van der Waals surface area contributed by atoms with E-state index in [1.54, 1.807) is 17.7 Å². The van der Waals surface area contributed by atoms with Crippen LogP contribution in [0.25, 0.3) is 0 Å². The zero-order chi connectivity index (χ0) is 14.7. The molecule has 0 bridgehead atoms. The number of hydrogen-bond acceptors (Lipinski definition) is 2. The van der Waals surface area contributed by atoms with Crippen molar-refractivity contribution in [3.05, 3.63) is 70.1 Å². The van der Waals surface area contributed by atoms with Gasteiger partial charge in [0, 0.05) is 25.2 Å². The van der Waals surface area contributed by atoms with Crippen molar-refractivity contribution >= 4 is 0 Å². The standard InChI is InChI=1S/C18H22N2O/c1-20-12-9-16(13-17(20)21)18(14-5-3-2-4-6-14)15-7-10-19-11-8-15/h2-6,9,12-13,15,18-19H,7-8,10-11H2,1H3. The van der Waals surface area contributed by atoms with Crippen LogP contribution in [-0.2, 0) is 7.05 Å². The highest BCUT2D eigenvalue weighted by Crippen LogP contribution is 2.36. The van der Waals surface area contributed by atoms with E-state index in [1.165, 1.54) is 5.56 Å². The summed E-state index contributed by atoms with van der Waals surface area (Å²) in [5, 5.41) is 3.43. The van der Waals surface area contributed by atoms with Gasteiger partial charge in [-0.3, -0.25) is 4.79 Å². The molecule has 1 fully saturated rings. The minimum Gasteiger partial charge on any atom is -0.319 e. The van der Waals surface area contributed by atoms with E-state index in [-0.39, 0.29) is 5.56 Å². The number of rotatable bonds is 3. The molecule has 3 rings (SSSR count). The average Bonchev–Trinajstić information content (AvgIpc) is 2.53. The number of pyridine rings is 1. The Morgan fingerprint density at radius 3 is 2.48 bits per heavy atom. The zero-order valence-electron chi connectivity index (χ0n) is 12.5. The smallest absolute Gasteiger partial charge is 0.250 e. The summed E-state index contributed by atoms with van der Waals surface area (Å²) in [5.41, 5.74) is 2.54. The van der Waals surface area contributed by atoms with Gasteiger partial charge in [-0.25, -0.2) is 0 Å². The highest BCUT2D eigenvalue weighted by atomic mass is 16.1. The maximum absolute atomic E-state index is 12.0. The van der Waals surface area contributed by atoms with Gasteiger partial charge in [-0.1, -0.05) is 30.3 Å². The average molecular weight is 282 g/mol. The molecule has 21 heavy (non-hydrogen) atoms. The Labute approximate surface area is 125 Å². The molecule has 1 unspecified atom stereocenters. The summed E-state index contributed by atoms with van der Waals surface area (Å²) in [6.07, 6.45) is 4.21. The summed E-state index contributed by atoms with van der Waals surface area (Å²) in [6.45, 7) is 2.14. The number of piperidine rings is 1. The predicted molar refractivity (Wildman–Crippen MR) is 85.6 cm³/mol. The van der Waals surface area contributed by atoms with Gasteiger partial charge in [-0.05, 0) is 49.0 Å². The first kappa shape index (κ1) is 14.1. The molecule has 2 aromatic rings. The Morgan fingerprint density at radius 1 is 1.10 bits per heavy atom. The molecule has 2 heterocycles. The topological polar surface area (TPSA) is 34.0 Å². The van der Waals surface area contributed by atoms with Crippen molar-refractivity contribution in [2.45, 2.75) is 18.8 Å². The maximum atomic E-state index is 12.0. The largest absolute Gasteiger partial charge is 0.319 e. The minimum atomic E-state index is 0.0716. The summed E-state index contributed by atoms with van der Waals surface area (Å²) in [4.78, 5) is 12.0. The van der Waals surface area contributed by atoms with Crippen molar-refractivity contribution in [2.24, 2.45) is 13.0 Å². The molecular weight excluding hydrogens is 260 g/mol. The highest BCUT2D eigenvalue weighted by molar-refractivity contribution is 5.32. The molecule has 3 heteroatoms. The van der Waals surface area contributed by atoms with Gasteiger partial charge in [0.25, 0.3) is 5.56 Å². The molecule has 1 aromatic carbocycles. The second kappa shape index (κ2) is 6.27. The summed E-state index contributed by atoms with van der Waals surface area (Å²) >= 11 is 0. The van der Waals surface area contributed by atoms with Gasteiger partial charge in [0.15, 0.2) is 0 Å². The van der Waals surface area contributed by atoms with Crippen molar-refractivity contribution in [3.8, 4) is 0 Å². The van der Waals surface area contributed by atoms with Crippen LogP contribution >= 0.6 is 0 Å². The summed E-state index contributed by atoms with van der Waals surface area (Å²) in [6, 6.07) is 14.5. The van der Waals surface area contributed by atoms with Crippen LogP contribution < -0.4 is 10.9 Å². The van der Waals surface area contributed by atoms with Crippen LogP contribution in [0.2, 0.25) is 0 Å². The molecule has 1 aromatic heterocycles. The number of benzene rings is 1. The van der Waals surface area contributed by atoms with Gasteiger partial charge >= 0.3 is 0 Å². The number of nitrogens with zero attached hydrogens (tertiary/aromatic N) is 1. The lowest BCUT2D eigenvalue weighted by molar-refractivity contribution is 0.342. The van der Waals surface area contributed by atoms with Gasteiger partial charge < -0.3 is 9.88 Å². The Bertz CT molecular complexity index is 642. The van der Waals surface area contributed by atoms with E-state index in [4.69, 9.17) is 0 Å². The number of nitrogens with one attached hydrogen (secondary N) is 1. The molecule has 1 atom stereocenters. The lowest BCUT2D eigenvalue weighted by Gasteiger charge is -2.31. The molecule has 0 saturated carbocycles. The Morgan fingerprint density at radius 2 is 1.81 bits per heavy atom. The van der Waals surface area contributed by atoms with Crippen LogP contribution in [0, 0.1) is 5.92 Å². The molecule has 3 nitrogen and oxygen atoms in total. The second-order valence-corrected chi connectivity index (χ2v) is 5.89. The van der Waals surface area contributed by atoms with Gasteiger partial charge in [0.05, 0.1) is 0 Å². The summed E-state index contributed by atoms with van der Waals surface area (Å²) in [7, 11) is 1.80. The van der Waals surface area contributed by atoms with E-state index in [0.29, 0.717) is 11.8 Å². The lowest BCUT2D eigenvalue weighted by atomic mass is 9.76. The molecule has 1 aliphatic heterocycles. The molecule has 0 amide bonds. The van der Waals surface area contributed by atoms with Gasteiger partial charge in [0.2, 0.25) is 0 Å². The molecule has 110 valence electrons. The van der Waals surface area contributed by atoms with Crippen LogP contribution in [0.5, 0.6) is 0 Å². The molecule has 1 N–H and O–H groups in total. The van der Waals surface area contributed by atoms with Crippen molar-refractivity contribution in [3.63, 3.8) is 0 Å². The fourth-order valence-electron chi connectivity index (χ4n) is 3.33. The highest BCUT2D eigenvalue weighted by Gasteiger charge is 2.26. The van der Waals surface area contributed by atoms with Crippen LogP contribution in [0.1, 0.15) is 29.9 Å². The van der Waals surface area contributed by atoms with Crippen LogP contribution in [-0.4, -0.2) is 17.7 Å². The van der Waals surface area contributed by atoms with Gasteiger partial charge in [-0.15, -0.1) is 0 Å². The van der Waals surface area contributed by atoms with Crippen molar-refractivity contribution in [2.75, 3.05) is 13.1 Å². The number of hydrogen-bond donors (Lipinski definition) is 1. The molecule has 1 saturated heterocycles. The predicted octanol–water partition coefficient (Wildman–Crippen LogP) is 2.52. The van der Waals surface area contributed by atoms with Crippen molar-refractivity contribution in [1.29, 1.82) is 0 Å². The lowest BCUT2D eigenvalue weighted by Crippen LogP contribution is -2.31. The van der Waals surface area contributed by atoms with Crippen LogP contribution in [0.15, 0.2) is 53.5 Å². The normalized spacial score (nSPS) is 17.6. The fourth-order valence-corrected chi connectivity index (χ4v) is 3.33. The minimum absolute atomic E-state index is 0.0716. The SMILES string of the molecule is Cn1ccc(C(c2ccccc2)C2CCNCC2)cc1=O.